The minimum Gasteiger partial charge on any atom is -0.486 e. The Morgan fingerprint density at radius 3 is 2.68 bits per heavy atom. The second-order valence-electron chi connectivity index (χ2n) is 9.54. The first kappa shape index (κ1) is 20.4. The third-order valence-corrected chi connectivity index (χ3v) is 6.97. The molecule has 0 aliphatic heterocycles. The molecule has 0 unspecified atom stereocenters. The SMILES string of the molecule is O=C(COc1ccc(Cl)c(F)c1)CC12CC(NC(=O)c3cc(CC4CC4)ccn3)(C1)C2. The van der Waals surface area contributed by atoms with Crippen molar-refractivity contribution in [1.29, 1.82) is 0 Å². The van der Waals surface area contributed by atoms with Crippen molar-refractivity contribution in [3.8, 4) is 5.75 Å². The molecule has 6 rings (SSSR count). The lowest BCUT2D eigenvalue weighted by molar-refractivity contribution is -0.162. The van der Waals surface area contributed by atoms with Gasteiger partial charge in [0.15, 0.2) is 5.78 Å². The van der Waals surface area contributed by atoms with Gasteiger partial charge in [0.05, 0.1) is 5.02 Å². The molecular formula is C24H24ClFN2O3. The van der Waals surface area contributed by atoms with Gasteiger partial charge in [-0.25, -0.2) is 4.39 Å². The summed E-state index contributed by atoms with van der Waals surface area (Å²) in [5.41, 5.74) is 1.39. The topological polar surface area (TPSA) is 68.3 Å². The van der Waals surface area contributed by atoms with Crippen LogP contribution in [-0.4, -0.2) is 28.8 Å². The quantitative estimate of drug-likeness (QED) is 0.620. The second-order valence-corrected chi connectivity index (χ2v) is 9.95. The van der Waals surface area contributed by atoms with Gasteiger partial charge < -0.3 is 10.1 Å². The molecular weight excluding hydrogens is 419 g/mol. The minimum atomic E-state index is -0.573. The number of Topliss-reactive ketones (excluding diaryl/α,β-unsaturated/α-hetero) is 1. The van der Waals surface area contributed by atoms with Gasteiger partial charge >= 0.3 is 0 Å². The number of pyridine rings is 1. The largest absolute Gasteiger partial charge is 0.486 e. The van der Waals surface area contributed by atoms with E-state index in [0.29, 0.717) is 12.1 Å². The van der Waals surface area contributed by atoms with Crippen LogP contribution in [0.4, 0.5) is 4.39 Å². The van der Waals surface area contributed by atoms with E-state index < -0.39 is 5.82 Å². The van der Waals surface area contributed by atoms with Crippen LogP contribution < -0.4 is 10.1 Å². The molecule has 0 spiro atoms. The number of hydrogen-bond acceptors (Lipinski definition) is 4. The van der Waals surface area contributed by atoms with E-state index in [2.05, 4.69) is 10.3 Å². The van der Waals surface area contributed by atoms with Gasteiger partial charge in [-0.2, -0.15) is 0 Å². The van der Waals surface area contributed by atoms with E-state index in [0.717, 1.165) is 31.6 Å². The monoisotopic (exact) mass is 442 g/mol. The van der Waals surface area contributed by atoms with Gasteiger partial charge in [-0.05, 0) is 79.7 Å². The number of carbonyl (C=O) groups is 2. The molecule has 31 heavy (non-hydrogen) atoms. The molecule has 1 N–H and O–H groups in total. The molecule has 5 nitrogen and oxygen atoms in total. The smallest absolute Gasteiger partial charge is 0.270 e. The first-order chi connectivity index (χ1) is 14.8. The first-order valence-corrected chi connectivity index (χ1v) is 11.1. The number of nitrogens with one attached hydrogen (secondary N) is 1. The highest BCUT2D eigenvalue weighted by Gasteiger charge is 2.68. The maximum absolute atomic E-state index is 13.5. The molecule has 4 aliphatic rings. The van der Waals surface area contributed by atoms with Gasteiger partial charge in [0.25, 0.3) is 5.91 Å². The zero-order valence-corrected chi connectivity index (χ0v) is 17.9. The summed E-state index contributed by atoms with van der Waals surface area (Å²) in [6.07, 6.45) is 8.09. The maximum Gasteiger partial charge on any atom is 0.270 e. The predicted octanol–water partition coefficient (Wildman–Crippen LogP) is 4.52. The summed E-state index contributed by atoms with van der Waals surface area (Å²) in [6, 6.07) is 8.00. The van der Waals surface area contributed by atoms with Gasteiger partial charge in [-0.15, -0.1) is 0 Å². The van der Waals surface area contributed by atoms with Crippen molar-refractivity contribution in [2.45, 2.75) is 50.5 Å². The maximum atomic E-state index is 13.5. The number of carbonyl (C=O) groups excluding carboxylic acids is 2. The summed E-state index contributed by atoms with van der Waals surface area (Å²) in [7, 11) is 0. The molecule has 0 atom stereocenters. The fraction of sp³-hybridized carbons (Fsp3) is 0.458. The number of nitrogens with zero attached hydrogens (tertiary/aromatic N) is 1. The molecule has 1 amide bonds. The van der Waals surface area contributed by atoms with Gasteiger partial charge in [-0.1, -0.05) is 11.6 Å². The van der Waals surface area contributed by atoms with Crippen LogP contribution in [0.15, 0.2) is 36.5 Å². The summed E-state index contributed by atoms with van der Waals surface area (Å²) >= 11 is 5.65. The van der Waals surface area contributed by atoms with Crippen LogP contribution in [0.25, 0.3) is 0 Å². The Morgan fingerprint density at radius 2 is 1.97 bits per heavy atom. The van der Waals surface area contributed by atoms with E-state index in [-0.39, 0.29) is 40.0 Å². The average Bonchev–Trinajstić information content (AvgIpc) is 3.50. The van der Waals surface area contributed by atoms with Crippen LogP contribution in [0.1, 0.15) is 54.6 Å². The second kappa shape index (κ2) is 7.59. The molecule has 4 fully saturated rings. The highest BCUT2D eigenvalue weighted by Crippen LogP contribution is 2.69. The number of hydrogen-bond donors (Lipinski definition) is 1. The Morgan fingerprint density at radius 1 is 1.19 bits per heavy atom. The molecule has 2 aromatic rings. The normalized spacial score (nSPS) is 25.9. The van der Waals surface area contributed by atoms with E-state index >= 15 is 0 Å². The number of halogens is 2. The Balaban J connectivity index is 1.09. The van der Waals surface area contributed by atoms with E-state index in [1.165, 1.54) is 36.6 Å². The van der Waals surface area contributed by atoms with Gasteiger partial charge in [0, 0.05) is 24.2 Å². The van der Waals surface area contributed by atoms with E-state index in [1.807, 2.05) is 12.1 Å². The number of ether oxygens (including phenoxy) is 1. The first-order valence-electron chi connectivity index (χ1n) is 10.7. The summed E-state index contributed by atoms with van der Waals surface area (Å²) in [5.74, 6) is 0.315. The van der Waals surface area contributed by atoms with Gasteiger partial charge in [0.1, 0.15) is 23.9 Å². The van der Waals surface area contributed by atoms with Gasteiger partial charge in [-0.3, -0.25) is 14.6 Å². The van der Waals surface area contributed by atoms with Crippen molar-refractivity contribution < 1.29 is 18.7 Å². The number of amides is 1. The summed E-state index contributed by atoms with van der Waals surface area (Å²) in [6.45, 7) is -0.0973. The fourth-order valence-electron chi connectivity index (χ4n) is 5.20. The van der Waals surface area contributed by atoms with Crippen LogP contribution in [0, 0.1) is 17.2 Å². The highest BCUT2D eigenvalue weighted by molar-refractivity contribution is 6.30. The molecule has 2 bridgehead atoms. The summed E-state index contributed by atoms with van der Waals surface area (Å²) < 4.78 is 18.9. The van der Waals surface area contributed by atoms with Crippen LogP contribution in [0.3, 0.4) is 0 Å². The zero-order valence-electron chi connectivity index (χ0n) is 17.1. The van der Waals surface area contributed by atoms with Crippen LogP contribution in [0.2, 0.25) is 5.02 Å². The van der Waals surface area contributed by atoms with Crippen molar-refractivity contribution in [1.82, 2.24) is 10.3 Å². The Kier molecular flexibility index (Phi) is 5.00. The van der Waals surface area contributed by atoms with E-state index in [9.17, 15) is 14.0 Å². The Labute approximate surface area is 185 Å². The molecule has 4 aliphatic carbocycles. The van der Waals surface area contributed by atoms with Crippen molar-refractivity contribution >= 4 is 23.3 Å². The number of rotatable bonds is 9. The highest BCUT2D eigenvalue weighted by atomic mass is 35.5. The van der Waals surface area contributed by atoms with E-state index in [1.54, 1.807) is 6.20 Å². The van der Waals surface area contributed by atoms with Crippen molar-refractivity contribution in [2.24, 2.45) is 11.3 Å². The molecule has 0 saturated heterocycles. The lowest BCUT2D eigenvalue weighted by Crippen LogP contribution is -2.75. The van der Waals surface area contributed by atoms with Gasteiger partial charge in [0.2, 0.25) is 0 Å². The van der Waals surface area contributed by atoms with Crippen molar-refractivity contribution in [2.75, 3.05) is 6.61 Å². The molecule has 7 heteroatoms. The minimum absolute atomic E-state index is 0.0183. The molecule has 0 radical (unpaired) electrons. The average molecular weight is 443 g/mol. The van der Waals surface area contributed by atoms with Crippen LogP contribution in [-0.2, 0) is 11.2 Å². The summed E-state index contributed by atoms with van der Waals surface area (Å²) in [5, 5.41) is 3.16. The lowest BCUT2D eigenvalue weighted by Gasteiger charge is -2.70. The zero-order chi connectivity index (χ0) is 21.6. The third-order valence-electron chi connectivity index (χ3n) is 6.66. The van der Waals surface area contributed by atoms with Crippen molar-refractivity contribution in [3.05, 3.63) is 58.6 Å². The third kappa shape index (κ3) is 4.31. The molecule has 162 valence electrons. The predicted molar refractivity (Wildman–Crippen MR) is 114 cm³/mol. The fourth-order valence-corrected chi connectivity index (χ4v) is 5.32. The standard InChI is InChI=1S/C24H24ClFN2O3/c25-19-4-3-18(9-20(19)26)31-11-17(29)10-23-12-24(13-23,14-23)28-22(30)21-8-16(5-6-27-21)7-15-1-2-15/h3-6,8-9,15H,1-2,7,10-14H2,(H,28,30). The Bertz CT molecular complexity index is 1030. The Hall–Kier alpha value is -2.47. The molecule has 1 aromatic carbocycles. The lowest BCUT2D eigenvalue weighted by atomic mass is 9.38. The number of aromatic nitrogens is 1. The number of benzene rings is 1. The number of ketones is 1. The van der Waals surface area contributed by atoms with Crippen LogP contribution >= 0.6 is 11.6 Å². The van der Waals surface area contributed by atoms with Crippen molar-refractivity contribution in [3.63, 3.8) is 0 Å². The summed E-state index contributed by atoms with van der Waals surface area (Å²) in [4.78, 5) is 29.2. The molecule has 4 saturated carbocycles. The van der Waals surface area contributed by atoms with Crippen LogP contribution in [0.5, 0.6) is 5.75 Å². The molecule has 1 aromatic heterocycles. The molecule has 1 heterocycles. The van der Waals surface area contributed by atoms with E-state index in [4.69, 9.17) is 16.3 Å².